The average Bonchev–Trinajstić information content (AvgIpc) is 3.59. The number of nitrogens with one attached hydrogen (secondary N) is 1. The Bertz CT molecular complexity index is 1570. The highest BCUT2D eigenvalue weighted by atomic mass is 32.2. The summed E-state index contributed by atoms with van der Waals surface area (Å²) >= 11 is 0. The minimum atomic E-state index is -4.06. The molecule has 1 aromatic heterocycles. The number of rotatable bonds is 3. The number of nitrogens with zero attached hydrogens (tertiary/aromatic N) is 4. The highest BCUT2D eigenvalue weighted by Gasteiger charge is 2.63. The molecule has 0 unspecified atom stereocenters. The second-order valence-electron chi connectivity index (χ2n) is 10.2. The Hall–Kier alpha value is -3.70. The Labute approximate surface area is 227 Å². The molecule has 1 N–H and O–H groups in total. The van der Waals surface area contributed by atoms with E-state index in [1.165, 1.54) is 13.9 Å². The topological polar surface area (TPSA) is 114 Å². The third-order valence-electron chi connectivity index (χ3n) is 7.91. The van der Waals surface area contributed by atoms with Gasteiger partial charge in [0.25, 0.3) is 10.0 Å². The molecule has 2 amide bonds. The summed E-state index contributed by atoms with van der Waals surface area (Å²) < 4.78 is 37.6. The number of hydrogen-bond donors (Lipinski definition) is 1. The number of carbonyl (C=O) groups excluding carboxylic acids is 2. The van der Waals surface area contributed by atoms with Crippen LogP contribution in [0, 0.1) is 6.92 Å². The number of hydrogen-bond acceptors (Lipinski definition) is 6. The number of carbonyl (C=O) groups is 2. The van der Waals surface area contributed by atoms with Gasteiger partial charge in [-0.2, -0.15) is 9.40 Å². The lowest BCUT2D eigenvalue weighted by Crippen LogP contribution is -2.48. The number of benzene rings is 2. The fourth-order valence-corrected chi connectivity index (χ4v) is 8.17. The predicted molar refractivity (Wildman–Crippen MR) is 144 cm³/mol. The van der Waals surface area contributed by atoms with Crippen LogP contribution >= 0.6 is 0 Å². The molecule has 1 saturated heterocycles. The Balaban J connectivity index is 1.58. The average molecular weight is 550 g/mol. The van der Waals surface area contributed by atoms with Gasteiger partial charge in [0.05, 0.1) is 23.8 Å². The van der Waals surface area contributed by atoms with E-state index in [1.807, 2.05) is 55.5 Å². The largest absolute Gasteiger partial charge is 0.494 e. The highest BCUT2D eigenvalue weighted by molar-refractivity contribution is 7.89. The minimum Gasteiger partial charge on any atom is -0.494 e. The highest BCUT2D eigenvalue weighted by Crippen LogP contribution is 2.58. The first-order valence-corrected chi connectivity index (χ1v) is 14.7. The van der Waals surface area contributed by atoms with Crippen molar-refractivity contribution in [1.29, 1.82) is 0 Å². The molecule has 11 heteroatoms. The lowest BCUT2D eigenvalue weighted by atomic mass is 9.73. The fraction of sp³-hybridized carbons (Fsp3) is 0.393. The molecular weight excluding hydrogens is 518 g/mol. The third-order valence-corrected chi connectivity index (χ3v) is 9.78. The van der Waals surface area contributed by atoms with E-state index in [1.54, 1.807) is 13.0 Å². The van der Waals surface area contributed by atoms with Crippen LogP contribution in [0.4, 0.5) is 5.69 Å². The van der Waals surface area contributed by atoms with Crippen LogP contribution in [-0.2, 0) is 31.6 Å². The Kier molecular flexibility index (Phi) is 6.22. The smallest absolute Gasteiger partial charge is 0.260 e. The van der Waals surface area contributed by atoms with Crippen LogP contribution in [0.25, 0.3) is 0 Å². The van der Waals surface area contributed by atoms with E-state index in [4.69, 9.17) is 4.74 Å². The second kappa shape index (κ2) is 9.49. The molecule has 6 rings (SSSR count). The fourth-order valence-electron chi connectivity index (χ4n) is 6.26. The number of para-hydroxylation sites is 1. The van der Waals surface area contributed by atoms with Gasteiger partial charge in [-0.1, -0.05) is 30.3 Å². The van der Waals surface area contributed by atoms with E-state index in [-0.39, 0.29) is 36.4 Å². The molecule has 39 heavy (non-hydrogen) atoms. The molecule has 3 aliphatic rings. The van der Waals surface area contributed by atoms with Gasteiger partial charge in [0.15, 0.2) is 5.03 Å². The van der Waals surface area contributed by atoms with Crippen LogP contribution in [0.15, 0.2) is 59.6 Å². The summed E-state index contributed by atoms with van der Waals surface area (Å²) in [4.78, 5) is 28.9. The van der Waals surface area contributed by atoms with Crippen LogP contribution in [0.3, 0.4) is 0 Å². The van der Waals surface area contributed by atoms with Crippen LogP contribution in [-0.4, -0.2) is 60.6 Å². The van der Waals surface area contributed by atoms with Gasteiger partial charge in [-0.3, -0.25) is 14.3 Å². The minimum absolute atomic E-state index is 0.0984. The van der Waals surface area contributed by atoms with E-state index in [2.05, 4.69) is 10.4 Å². The number of fused-ring (bicyclic) bond motifs is 6. The lowest BCUT2D eigenvalue weighted by Gasteiger charge is -2.34. The molecule has 0 saturated carbocycles. The van der Waals surface area contributed by atoms with Gasteiger partial charge in [-0.05, 0) is 62.1 Å². The normalized spacial score (nSPS) is 23.5. The molecule has 4 bridgehead atoms. The SMILES string of the molecule is CCn1nc(C)cc1S(=O)(=O)N1CC[C@]23C(=O)N(CC(=O)NCCCOc4cccc(c4)[C@H]12)c1ccccc13. The molecule has 0 aliphatic carbocycles. The molecule has 0 radical (unpaired) electrons. The molecule has 1 spiro atoms. The molecule has 3 aliphatic heterocycles. The Morgan fingerprint density at radius 2 is 1.95 bits per heavy atom. The molecule has 204 valence electrons. The quantitative estimate of drug-likeness (QED) is 0.537. The third kappa shape index (κ3) is 3.94. The van der Waals surface area contributed by atoms with E-state index < -0.39 is 21.5 Å². The summed E-state index contributed by atoms with van der Waals surface area (Å²) in [5.74, 6) is 0.0394. The number of aryl methyl sites for hydroxylation is 2. The van der Waals surface area contributed by atoms with Crippen LogP contribution in [0.5, 0.6) is 5.75 Å². The monoisotopic (exact) mass is 549 g/mol. The summed E-state index contributed by atoms with van der Waals surface area (Å²) in [6.45, 7) is 4.80. The maximum atomic E-state index is 14.5. The molecule has 10 nitrogen and oxygen atoms in total. The summed E-state index contributed by atoms with van der Waals surface area (Å²) in [5.41, 5.74) is 1.42. The molecule has 3 aromatic rings. The number of sulfonamides is 1. The summed E-state index contributed by atoms with van der Waals surface area (Å²) in [6, 6.07) is 15.5. The zero-order valence-corrected chi connectivity index (χ0v) is 22.8. The van der Waals surface area contributed by atoms with E-state index in [0.717, 1.165) is 5.56 Å². The van der Waals surface area contributed by atoms with Gasteiger partial charge in [-0.25, -0.2) is 8.42 Å². The number of aromatic nitrogens is 2. The molecule has 2 atom stereocenters. The summed E-state index contributed by atoms with van der Waals surface area (Å²) in [6.07, 6.45) is 0.865. The maximum Gasteiger partial charge on any atom is 0.260 e. The number of anilines is 1. The van der Waals surface area contributed by atoms with E-state index in [9.17, 15) is 18.0 Å². The predicted octanol–water partition coefficient (Wildman–Crippen LogP) is 2.53. The maximum absolute atomic E-state index is 14.5. The van der Waals surface area contributed by atoms with Crippen molar-refractivity contribution in [2.24, 2.45) is 0 Å². The molecule has 1 fully saturated rings. The zero-order valence-electron chi connectivity index (χ0n) is 22.0. The van der Waals surface area contributed by atoms with Crippen molar-refractivity contribution in [3.05, 3.63) is 71.4 Å². The van der Waals surface area contributed by atoms with Crippen LogP contribution in [0.1, 0.15) is 42.6 Å². The van der Waals surface area contributed by atoms with Crippen LogP contribution < -0.4 is 15.0 Å². The zero-order chi connectivity index (χ0) is 27.4. The van der Waals surface area contributed by atoms with Gasteiger partial charge < -0.3 is 15.0 Å². The van der Waals surface area contributed by atoms with Crippen molar-refractivity contribution in [1.82, 2.24) is 19.4 Å². The van der Waals surface area contributed by atoms with Crippen molar-refractivity contribution >= 4 is 27.5 Å². The van der Waals surface area contributed by atoms with Gasteiger partial charge in [0, 0.05) is 25.3 Å². The second-order valence-corrected chi connectivity index (χ2v) is 12.0. The first-order chi connectivity index (χ1) is 18.8. The van der Waals surface area contributed by atoms with Crippen molar-refractivity contribution in [2.45, 2.75) is 49.7 Å². The number of ether oxygens (including phenoxy) is 1. The van der Waals surface area contributed by atoms with Gasteiger partial charge in [-0.15, -0.1) is 0 Å². The van der Waals surface area contributed by atoms with E-state index in [0.29, 0.717) is 48.8 Å². The number of amides is 2. The summed E-state index contributed by atoms with van der Waals surface area (Å²) in [7, 11) is -4.06. The Morgan fingerprint density at radius 3 is 2.77 bits per heavy atom. The van der Waals surface area contributed by atoms with Crippen LogP contribution in [0.2, 0.25) is 0 Å². The summed E-state index contributed by atoms with van der Waals surface area (Å²) in [5, 5.41) is 7.35. The van der Waals surface area contributed by atoms with Crippen molar-refractivity contribution < 1.29 is 22.7 Å². The van der Waals surface area contributed by atoms with Gasteiger partial charge >= 0.3 is 0 Å². The van der Waals surface area contributed by atoms with Crippen molar-refractivity contribution in [3.63, 3.8) is 0 Å². The lowest BCUT2D eigenvalue weighted by molar-refractivity contribution is -0.126. The first-order valence-electron chi connectivity index (χ1n) is 13.2. The molecule has 4 heterocycles. The molecular formula is C28H31N5O5S. The van der Waals surface area contributed by atoms with Crippen molar-refractivity contribution in [3.8, 4) is 5.75 Å². The standard InChI is InChI=1S/C28H31N5O5S/c1-3-32-25(16-19(2)30-32)39(36,37)33-14-12-28-22-10-4-5-11-23(22)31(27(28)35)18-24(34)29-13-7-15-38-21-9-6-8-20(17-21)26(28)33/h4-6,8-11,16-17,26H,3,7,12-15,18H2,1-2H3,(H,29,34)/t26-,28+/m0/s1. The first kappa shape index (κ1) is 25.6. The van der Waals surface area contributed by atoms with E-state index >= 15 is 0 Å². The van der Waals surface area contributed by atoms with Gasteiger partial charge in [0.1, 0.15) is 12.3 Å². The van der Waals surface area contributed by atoms with Gasteiger partial charge in [0.2, 0.25) is 11.8 Å². The Morgan fingerprint density at radius 1 is 1.13 bits per heavy atom. The van der Waals surface area contributed by atoms with Crippen molar-refractivity contribution in [2.75, 3.05) is 31.1 Å². The molecule has 2 aromatic carbocycles.